The fraction of sp³-hybridized carbons (Fsp3) is 0.556. The highest BCUT2D eigenvalue weighted by atomic mass is 15.6. The first kappa shape index (κ1) is 12.3. The molecule has 1 aromatic rings. The standard InChI is InChI=1S/C18H24N2/c1-2-10-16(11-3-1)20-14-17(15-8-4-5-9-15)18-12-6-7-13-19(18)20/h1-3,10-11,15H,4-9,12-14H2. The SMILES string of the molecule is c1ccc(N2CC(C3CCCC3)=C3CCCCN32)cc1. The second-order valence-electron chi connectivity index (χ2n) is 6.43. The quantitative estimate of drug-likeness (QED) is 0.786. The van der Waals surface area contributed by atoms with Crippen molar-refractivity contribution in [1.82, 2.24) is 5.01 Å². The van der Waals surface area contributed by atoms with Crippen molar-refractivity contribution in [3.63, 3.8) is 0 Å². The van der Waals surface area contributed by atoms with Crippen LogP contribution in [-0.4, -0.2) is 18.1 Å². The fourth-order valence-electron chi connectivity index (χ4n) is 4.22. The van der Waals surface area contributed by atoms with Gasteiger partial charge in [0.25, 0.3) is 0 Å². The molecule has 2 aliphatic heterocycles. The molecule has 2 heterocycles. The summed E-state index contributed by atoms with van der Waals surface area (Å²) in [4.78, 5) is 0. The van der Waals surface area contributed by atoms with Crippen LogP contribution >= 0.6 is 0 Å². The van der Waals surface area contributed by atoms with Gasteiger partial charge in [-0.1, -0.05) is 31.0 Å². The van der Waals surface area contributed by atoms with Crippen molar-refractivity contribution >= 4 is 5.69 Å². The number of hydrazine groups is 1. The molecule has 3 aliphatic rings. The van der Waals surface area contributed by atoms with Crippen LogP contribution in [0.2, 0.25) is 0 Å². The third kappa shape index (κ3) is 2.02. The van der Waals surface area contributed by atoms with E-state index in [0.29, 0.717) is 0 Å². The van der Waals surface area contributed by atoms with Gasteiger partial charge in [0.2, 0.25) is 0 Å². The lowest BCUT2D eigenvalue weighted by Gasteiger charge is -2.36. The molecule has 1 saturated heterocycles. The first-order valence-corrected chi connectivity index (χ1v) is 8.25. The molecule has 20 heavy (non-hydrogen) atoms. The van der Waals surface area contributed by atoms with E-state index in [4.69, 9.17) is 0 Å². The number of hydrogen-bond donors (Lipinski definition) is 0. The zero-order chi connectivity index (χ0) is 13.4. The maximum Gasteiger partial charge on any atom is 0.0629 e. The number of allylic oxidation sites excluding steroid dienone is 1. The van der Waals surface area contributed by atoms with Gasteiger partial charge in [-0.3, -0.25) is 10.0 Å². The summed E-state index contributed by atoms with van der Waals surface area (Å²) in [6, 6.07) is 10.9. The fourth-order valence-corrected chi connectivity index (χ4v) is 4.22. The maximum atomic E-state index is 2.59. The molecule has 1 saturated carbocycles. The van der Waals surface area contributed by atoms with Gasteiger partial charge in [-0.25, -0.2) is 0 Å². The minimum absolute atomic E-state index is 0.874. The summed E-state index contributed by atoms with van der Waals surface area (Å²) < 4.78 is 0. The van der Waals surface area contributed by atoms with Crippen LogP contribution in [0.15, 0.2) is 41.6 Å². The van der Waals surface area contributed by atoms with Gasteiger partial charge in [-0.15, -0.1) is 0 Å². The van der Waals surface area contributed by atoms with Gasteiger partial charge < -0.3 is 0 Å². The summed E-state index contributed by atoms with van der Waals surface area (Å²) in [7, 11) is 0. The molecule has 2 nitrogen and oxygen atoms in total. The van der Waals surface area contributed by atoms with E-state index in [1.54, 1.807) is 11.3 Å². The summed E-state index contributed by atoms with van der Waals surface area (Å²) in [5.74, 6) is 0.874. The Morgan fingerprint density at radius 3 is 2.45 bits per heavy atom. The summed E-state index contributed by atoms with van der Waals surface area (Å²) in [5.41, 5.74) is 4.80. The van der Waals surface area contributed by atoms with Gasteiger partial charge in [0, 0.05) is 12.2 Å². The van der Waals surface area contributed by atoms with Crippen molar-refractivity contribution in [2.45, 2.75) is 44.9 Å². The van der Waals surface area contributed by atoms with Gasteiger partial charge in [0.15, 0.2) is 0 Å². The summed E-state index contributed by atoms with van der Waals surface area (Å²) >= 11 is 0. The number of fused-ring (bicyclic) bond motifs is 1. The Bertz CT molecular complexity index is 499. The first-order chi connectivity index (χ1) is 9.93. The van der Waals surface area contributed by atoms with Crippen LogP contribution in [-0.2, 0) is 0 Å². The van der Waals surface area contributed by atoms with E-state index in [0.717, 1.165) is 12.5 Å². The van der Waals surface area contributed by atoms with Crippen LogP contribution in [0.25, 0.3) is 0 Å². The Morgan fingerprint density at radius 2 is 1.65 bits per heavy atom. The highest BCUT2D eigenvalue weighted by Crippen LogP contribution is 2.42. The topological polar surface area (TPSA) is 6.48 Å². The van der Waals surface area contributed by atoms with Crippen molar-refractivity contribution in [3.8, 4) is 0 Å². The molecule has 1 aliphatic carbocycles. The van der Waals surface area contributed by atoms with Crippen LogP contribution < -0.4 is 5.01 Å². The smallest absolute Gasteiger partial charge is 0.0629 e. The monoisotopic (exact) mass is 268 g/mol. The predicted octanol–water partition coefficient (Wildman–Crippen LogP) is 4.35. The van der Waals surface area contributed by atoms with Crippen LogP contribution in [0.3, 0.4) is 0 Å². The molecule has 0 aromatic heterocycles. The molecule has 0 N–H and O–H groups in total. The molecule has 0 atom stereocenters. The molecule has 2 heteroatoms. The Balaban J connectivity index is 1.65. The number of benzene rings is 1. The number of anilines is 1. The Morgan fingerprint density at radius 1 is 0.850 bits per heavy atom. The van der Waals surface area contributed by atoms with Crippen LogP contribution in [0.4, 0.5) is 5.69 Å². The lowest BCUT2D eigenvalue weighted by atomic mass is 9.93. The van der Waals surface area contributed by atoms with E-state index in [9.17, 15) is 0 Å². The van der Waals surface area contributed by atoms with Crippen molar-refractivity contribution in [2.75, 3.05) is 18.1 Å². The van der Waals surface area contributed by atoms with E-state index in [-0.39, 0.29) is 0 Å². The molecule has 0 radical (unpaired) electrons. The molecule has 0 unspecified atom stereocenters. The van der Waals surface area contributed by atoms with Crippen LogP contribution in [0.1, 0.15) is 44.9 Å². The number of hydrogen-bond acceptors (Lipinski definition) is 2. The van der Waals surface area contributed by atoms with Crippen molar-refractivity contribution in [3.05, 3.63) is 41.6 Å². The summed E-state index contributed by atoms with van der Waals surface area (Å²) in [5, 5.41) is 5.12. The lowest BCUT2D eigenvalue weighted by Crippen LogP contribution is -2.39. The molecular formula is C18H24N2. The minimum Gasteiger partial charge on any atom is -0.289 e. The van der Waals surface area contributed by atoms with Gasteiger partial charge in [0.05, 0.1) is 12.2 Å². The number of piperidine rings is 1. The first-order valence-electron chi connectivity index (χ1n) is 8.25. The van der Waals surface area contributed by atoms with Gasteiger partial charge >= 0.3 is 0 Å². The largest absolute Gasteiger partial charge is 0.289 e. The zero-order valence-corrected chi connectivity index (χ0v) is 12.2. The number of rotatable bonds is 2. The van der Waals surface area contributed by atoms with Gasteiger partial charge in [-0.2, -0.15) is 0 Å². The van der Waals surface area contributed by atoms with E-state index in [2.05, 4.69) is 40.3 Å². The molecule has 2 fully saturated rings. The molecule has 1 aromatic carbocycles. The predicted molar refractivity (Wildman–Crippen MR) is 83.3 cm³/mol. The van der Waals surface area contributed by atoms with Crippen molar-refractivity contribution in [2.24, 2.45) is 5.92 Å². The van der Waals surface area contributed by atoms with Crippen LogP contribution in [0.5, 0.6) is 0 Å². The third-order valence-corrected chi connectivity index (χ3v) is 5.23. The van der Waals surface area contributed by atoms with Gasteiger partial charge in [-0.05, 0) is 55.7 Å². The third-order valence-electron chi connectivity index (χ3n) is 5.23. The Kier molecular flexibility index (Phi) is 3.17. The average Bonchev–Trinajstić information content (AvgIpc) is 3.15. The summed E-state index contributed by atoms with van der Waals surface area (Å²) in [6.45, 7) is 2.35. The van der Waals surface area contributed by atoms with Crippen molar-refractivity contribution in [1.29, 1.82) is 0 Å². The zero-order valence-electron chi connectivity index (χ0n) is 12.2. The second-order valence-corrected chi connectivity index (χ2v) is 6.43. The highest BCUT2D eigenvalue weighted by Gasteiger charge is 2.35. The van der Waals surface area contributed by atoms with Crippen LogP contribution in [0, 0.1) is 5.92 Å². The summed E-state index contributed by atoms with van der Waals surface area (Å²) in [6.07, 6.45) is 9.74. The normalized spacial score (nSPS) is 23.6. The lowest BCUT2D eigenvalue weighted by molar-refractivity contribution is 0.294. The van der Waals surface area contributed by atoms with E-state index >= 15 is 0 Å². The molecule has 4 rings (SSSR count). The number of para-hydroxylation sites is 1. The minimum atomic E-state index is 0.874. The van der Waals surface area contributed by atoms with E-state index in [1.165, 1.54) is 57.2 Å². The molecule has 106 valence electrons. The molecular weight excluding hydrogens is 244 g/mol. The van der Waals surface area contributed by atoms with E-state index < -0.39 is 0 Å². The second kappa shape index (κ2) is 5.16. The Labute approximate surface area is 122 Å². The maximum absolute atomic E-state index is 2.59. The van der Waals surface area contributed by atoms with E-state index in [1.807, 2.05) is 0 Å². The number of nitrogens with zero attached hydrogens (tertiary/aromatic N) is 2. The highest BCUT2D eigenvalue weighted by molar-refractivity contribution is 5.50. The molecule has 0 amide bonds. The van der Waals surface area contributed by atoms with Gasteiger partial charge in [0.1, 0.15) is 0 Å². The van der Waals surface area contributed by atoms with Crippen molar-refractivity contribution < 1.29 is 0 Å². The Hall–Kier alpha value is -1.44. The molecule has 0 spiro atoms. The average molecular weight is 268 g/mol. The molecule has 0 bridgehead atoms.